The van der Waals surface area contributed by atoms with Crippen LogP contribution in [0.1, 0.15) is 25.3 Å². The first-order valence-corrected chi connectivity index (χ1v) is 6.76. The summed E-state index contributed by atoms with van der Waals surface area (Å²) in [6.45, 7) is 2.98. The van der Waals surface area contributed by atoms with E-state index >= 15 is 0 Å². The summed E-state index contributed by atoms with van der Waals surface area (Å²) in [5.41, 5.74) is 3.40. The molecule has 100 valence electrons. The van der Waals surface area contributed by atoms with Crippen LogP contribution in [-0.2, 0) is 11.3 Å². The van der Waals surface area contributed by atoms with Crippen molar-refractivity contribution in [2.24, 2.45) is 5.84 Å². The molecule has 1 atom stereocenters. The van der Waals surface area contributed by atoms with E-state index in [-0.39, 0.29) is 5.91 Å². The first-order chi connectivity index (χ1) is 8.52. The number of halogens is 1. The highest BCUT2D eigenvalue weighted by atomic mass is 79.9. The number of nitrogens with zero attached hydrogens (tertiary/aromatic N) is 1. The molecule has 0 saturated heterocycles. The molecule has 0 fully saturated rings. The molecule has 0 aliphatic rings. The summed E-state index contributed by atoms with van der Waals surface area (Å²) in [7, 11) is 2.06. The Bertz CT molecular complexity index is 398. The van der Waals surface area contributed by atoms with Gasteiger partial charge in [-0.25, -0.2) is 5.84 Å². The van der Waals surface area contributed by atoms with Crippen LogP contribution in [-0.4, -0.2) is 23.9 Å². The van der Waals surface area contributed by atoms with Crippen LogP contribution in [0.5, 0.6) is 0 Å². The fourth-order valence-corrected chi connectivity index (χ4v) is 2.16. The molecule has 0 aliphatic carbocycles. The van der Waals surface area contributed by atoms with E-state index < -0.39 is 0 Å². The van der Waals surface area contributed by atoms with Gasteiger partial charge >= 0.3 is 0 Å². The minimum atomic E-state index is -0.113. The Morgan fingerprint density at radius 3 is 2.89 bits per heavy atom. The molecule has 0 radical (unpaired) electrons. The minimum Gasteiger partial charge on any atom is -0.299 e. The van der Waals surface area contributed by atoms with Gasteiger partial charge in [-0.2, -0.15) is 0 Å². The Balaban J connectivity index is 2.44. The zero-order chi connectivity index (χ0) is 13.5. The van der Waals surface area contributed by atoms with Crippen molar-refractivity contribution in [3.8, 4) is 0 Å². The number of carbonyl (C=O) groups excluding carboxylic acids is 1. The Morgan fingerprint density at radius 2 is 2.28 bits per heavy atom. The van der Waals surface area contributed by atoms with Gasteiger partial charge in [-0.3, -0.25) is 15.1 Å². The molecular formula is C13H20BrN3O. The van der Waals surface area contributed by atoms with Gasteiger partial charge in [0.2, 0.25) is 5.91 Å². The maximum absolute atomic E-state index is 11.1. The van der Waals surface area contributed by atoms with Crippen molar-refractivity contribution < 1.29 is 4.79 Å². The van der Waals surface area contributed by atoms with Crippen molar-refractivity contribution in [1.82, 2.24) is 10.3 Å². The third-order valence-corrected chi connectivity index (χ3v) is 3.52. The summed E-state index contributed by atoms with van der Waals surface area (Å²) in [4.78, 5) is 13.3. The first-order valence-electron chi connectivity index (χ1n) is 5.97. The number of nitrogens with one attached hydrogen (secondary N) is 1. The molecule has 1 aromatic rings. The van der Waals surface area contributed by atoms with Crippen molar-refractivity contribution in [1.29, 1.82) is 0 Å². The third-order valence-electron chi connectivity index (χ3n) is 3.02. The number of rotatable bonds is 6. The summed E-state index contributed by atoms with van der Waals surface area (Å²) in [6.07, 6.45) is 1.26. The van der Waals surface area contributed by atoms with Crippen LogP contribution in [0.2, 0.25) is 0 Å². The molecule has 1 aromatic carbocycles. The van der Waals surface area contributed by atoms with Gasteiger partial charge in [0.25, 0.3) is 0 Å². The summed E-state index contributed by atoms with van der Waals surface area (Å²) < 4.78 is 1.09. The molecule has 0 spiro atoms. The topological polar surface area (TPSA) is 58.4 Å². The van der Waals surface area contributed by atoms with Crippen LogP contribution in [0.3, 0.4) is 0 Å². The lowest BCUT2D eigenvalue weighted by atomic mass is 10.1. The average Bonchev–Trinajstić information content (AvgIpc) is 2.35. The lowest BCUT2D eigenvalue weighted by Gasteiger charge is -2.24. The lowest BCUT2D eigenvalue weighted by Crippen LogP contribution is -2.33. The van der Waals surface area contributed by atoms with Crippen LogP contribution < -0.4 is 11.3 Å². The molecular weight excluding hydrogens is 294 g/mol. The lowest BCUT2D eigenvalue weighted by molar-refractivity contribution is -0.121. The van der Waals surface area contributed by atoms with E-state index in [1.165, 1.54) is 5.56 Å². The van der Waals surface area contributed by atoms with Crippen LogP contribution in [0.4, 0.5) is 0 Å². The van der Waals surface area contributed by atoms with Crippen LogP contribution in [0, 0.1) is 0 Å². The Kier molecular flexibility index (Phi) is 6.32. The molecule has 0 bridgehead atoms. The Hall–Kier alpha value is -0.910. The quantitative estimate of drug-likeness (QED) is 0.480. The van der Waals surface area contributed by atoms with E-state index in [9.17, 15) is 4.79 Å². The second kappa shape index (κ2) is 7.51. The van der Waals surface area contributed by atoms with Gasteiger partial charge in [0.15, 0.2) is 0 Å². The molecule has 1 unspecified atom stereocenters. The highest BCUT2D eigenvalue weighted by molar-refractivity contribution is 9.10. The van der Waals surface area contributed by atoms with Crippen LogP contribution in [0.25, 0.3) is 0 Å². The predicted molar refractivity (Wildman–Crippen MR) is 76.6 cm³/mol. The smallest absolute Gasteiger partial charge is 0.233 e. The summed E-state index contributed by atoms with van der Waals surface area (Å²) in [5, 5.41) is 0. The maximum Gasteiger partial charge on any atom is 0.233 e. The van der Waals surface area contributed by atoms with Crippen LogP contribution in [0.15, 0.2) is 28.7 Å². The SMILES string of the molecule is CC(CCC(=O)NN)N(C)Cc1cccc(Br)c1. The second-order valence-electron chi connectivity index (χ2n) is 4.50. The monoisotopic (exact) mass is 313 g/mol. The second-order valence-corrected chi connectivity index (χ2v) is 5.42. The normalized spacial score (nSPS) is 12.5. The largest absolute Gasteiger partial charge is 0.299 e. The van der Waals surface area contributed by atoms with Crippen molar-refractivity contribution >= 4 is 21.8 Å². The van der Waals surface area contributed by atoms with E-state index in [2.05, 4.69) is 52.4 Å². The number of amides is 1. The highest BCUT2D eigenvalue weighted by Crippen LogP contribution is 2.15. The fraction of sp³-hybridized carbons (Fsp3) is 0.462. The van der Waals surface area contributed by atoms with Gasteiger partial charge in [0, 0.05) is 23.5 Å². The van der Waals surface area contributed by atoms with Crippen LogP contribution >= 0.6 is 15.9 Å². The summed E-state index contributed by atoms with van der Waals surface area (Å²) in [6, 6.07) is 8.58. The number of hydrogen-bond acceptors (Lipinski definition) is 3. The van der Waals surface area contributed by atoms with Crippen molar-refractivity contribution in [2.45, 2.75) is 32.4 Å². The van der Waals surface area contributed by atoms with E-state index in [0.717, 1.165) is 17.4 Å². The standard InChI is InChI=1S/C13H20BrN3O/c1-10(6-7-13(18)16-15)17(2)9-11-4-3-5-12(14)8-11/h3-5,8,10H,6-7,9,15H2,1-2H3,(H,16,18). The van der Waals surface area contributed by atoms with Gasteiger partial charge in [-0.05, 0) is 38.1 Å². The number of carbonyl (C=O) groups is 1. The fourth-order valence-electron chi connectivity index (χ4n) is 1.71. The molecule has 1 amide bonds. The molecule has 0 saturated carbocycles. The van der Waals surface area contributed by atoms with Gasteiger partial charge in [0.05, 0.1) is 0 Å². The van der Waals surface area contributed by atoms with Gasteiger partial charge < -0.3 is 0 Å². The third kappa shape index (κ3) is 5.16. The molecule has 5 heteroatoms. The van der Waals surface area contributed by atoms with Crippen molar-refractivity contribution in [3.63, 3.8) is 0 Å². The summed E-state index contributed by atoms with van der Waals surface area (Å²) >= 11 is 3.46. The first kappa shape index (κ1) is 15.1. The average molecular weight is 314 g/mol. The predicted octanol–water partition coefficient (Wildman–Crippen LogP) is 2.04. The van der Waals surface area contributed by atoms with Gasteiger partial charge in [-0.15, -0.1) is 0 Å². The van der Waals surface area contributed by atoms with Crippen molar-refractivity contribution in [2.75, 3.05) is 7.05 Å². The molecule has 4 nitrogen and oxygen atoms in total. The zero-order valence-corrected chi connectivity index (χ0v) is 12.4. The zero-order valence-electron chi connectivity index (χ0n) is 10.8. The molecule has 0 aliphatic heterocycles. The number of benzene rings is 1. The van der Waals surface area contributed by atoms with E-state index in [0.29, 0.717) is 12.5 Å². The molecule has 0 aromatic heterocycles. The summed E-state index contributed by atoms with van der Waals surface area (Å²) in [5.74, 6) is 4.94. The maximum atomic E-state index is 11.1. The number of hydrazine groups is 1. The number of hydrogen-bond donors (Lipinski definition) is 2. The van der Waals surface area contributed by atoms with Crippen molar-refractivity contribution in [3.05, 3.63) is 34.3 Å². The Labute approximate surface area is 117 Å². The molecule has 3 N–H and O–H groups in total. The molecule has 1 rings (SSSR count). The van der Waals surface area contributed by atoms with E-state index in [1.54, 1.807) is 0 Å². The van der Waals surface area contributed by atoms with Gasteiger partial charge in [-0.1, -0.05) is 28.1 Å². The van der Waals surface area contributed by atoms with E-state index in [4.69, 9.17) is 5.84 Å². The molecule has 18 heavy (non-hydrogen) atoms. The molecule has 0 heterocycles. The minimum absolute atomic E-state index is 0.113. The van der Waals surface area contributed by atoms with E-state index in [1.807, 2.05) is 12.1 Å². The van der Waals surface area contributed by atoms with Gasteiger partial charge in [0.1, 0.15) is 0 Å². The number of nitrogens with two attached hydrogens (primary N) is 1. The Morgan fingerprint density at radius 1 is 1.56 bits per heavy atom. The highest BCUT2D eigenvalue weighted by Gasteiger charge is 2.11.